The molecule has 0 saturated heterocycles. The second-order valence-corrected chi connectivity index (χ2v) is 5.65. The molecule has 5 nitrogen and oxygen atoms in total. The predicted molar refractivity (Wildman–Crippen MR) is 87.7 cm³/mol. The first-order valence-corrected chi connectivity index (χ1v) is 7.95. The average Bonchev–Trinajstić information content (AvgIpc) is 3.31. The number of aliphatic hydroxyl groups is 1. The molecule has 3 aromatic rings. The third kappa shape index (κ3) is 4.00. The molecular formula is C17H15NO4S. The first-order chi connectivity index (χ1) is 11.2. The molecule has 0 aliphatic heterocycles. The molecule has 3 heterocycles. The fourth-order valence-corrected chi connectivity index (χ4v) is 2.64. The molecule has 23 heavy (non-hydrogen) atoms. The average molecular weight is 329 g/mol. The summed E-state index contributed by atoms with van der Waals surface area (Å²) < 4.78 is 10.5. The molecule has 2 N–H and O–H groups in total. The molecular weight excluding hydrogens is 314 g/mol. The van der Waals surface area contributed by atoms with Crippen LogP contribution in [0.4, 0.5) is 0 Å². The molecule has 118 valence electrons. The van der Waals surface area contributed by atoms with Crippen molar-refractivity contribution in [2.24, 2.45) is 0 Å². The van der Waals surface area contributed by atoms with Crippen LogP contribution in [-0.4, -0.2) is 17.6 Å². The van der Waals surface area contributed by atoms with Crippen molar-refractivity contribution in [3.8, 4) is 11.3 Å². The molecule has 0 aromatic carbocycles. The molecule has 6 heteroatoms. The van der Waals surface area contributed by atoms with Gasteiger partial charge in [-0.1, -0.05) is 0 Å². The maximum absolute atomic E-state index is 11.7. The summed E-state index contributed by atoms with van der Waals surface area (Å²) in [6.07, 6.45) is 5.19. The Morgan fingerprint density at radius 3 is 3.00 bits per heavy atom. The van der Waals surface area contributed by atoms with Crippen LogP contribution < -0.4 is 5.32 Å². The minimum absolute atomic E-state index is 0.0746. The number of rotatable bonds is 6. The van der Waals surface area contributed by atoms with Crippen LogP contribution >= 0.6 is 11.3 Å². The van der Waals surface area contributed by atoms with Gasteiger partial charge in [-0.25, -0.2) is 0 Å². The quantitative estimate of drug-likeness (QED) is 0.679. The number of amides is 1. The third-order valence-electron chi connectivity index (χ3n) is 3.20. The van der Waals surface area contributed by atoms with Gasteiger partial charge in [-0.3, -0.25) is 4.79 Å². The topological polar surface area (TPSA) is 75.6 Å². The van der Waals surface area contributed by atoms with Crippen molar-refractivity contribution in [2.45, 2.75) is 6.10 Å². The summed E-state index contributed by atoms with van der Waals surface area (Å²) >= 11 is 1.58. The zero-order valence-electron chi connectivity index (χ0n) is 12.1. The van der Waals surface area contributed by atoms with Crippen LogP contribution in [0.5, 0.6) is 0 Å². The van der Waals surface area contributed by atoms with E-state index in [4.69, 9.17) is 8.83 Å². The number of furan rings is 2. The van der Waals surface area contributed by atoms with E-state index in [2.05, 4.69) is 5.32 Å². The smallest absolute Gasteiger partial charge is 0.244 e. The lowest BCUT2D eigenvalue weighted by Gasteiger charge is -2.08. The Balaban J connectivity index is 1.53. The van der Waals surface area contributed by atoms with Crippen molar-refractivity contribution in [1.29, 1.82) is 0 Å². The Morgan fingerprint density at radius 1 is 1.35 bits per heavy atom. The SMILES string of the molecule is O=C(C=Cc1ccoc1)NCC(O)c1ccc(-c2ccsc2)o1. The van der Waals surface area contributed by atoms with Gasteiger partial charge in [-0.15, -0.1) is 0 Å². The van der Waals surface area contributed by atoms with Gasteiger partial charge in [-0.05, 0) is 35.7 Å². The van der Waals surface area contributed by atoms with Gasteiger partial charge in [0.1, 0.15) is 17.6 Å². The Kier molecular flexibility index (Phi) is 4.75. The number of carbonyl (C=O) groups is 1. The summed E-state index contributed by atoms with van der Waals surface area (Å²) in [6, 6.07) is 7.21. The first kappa shape index (κ1) is 15.3. The lowest BCUT2D eigenvalue weighted by atomic mass is 10.2. The molecule has 0 saturated carbocycles. The first-order valence-electron chi connectivity index (χ1n) is 7.01. The summed E-state index contributed by atoms with van der Waals surface area (Å²) in [5, 5.41) is 16.6. The third-order valence-corrected chi connectivity index (χ3v) is 3.88. The lowest BCUT2D eigenvalue weighted by molar-refractivity contribution is -0.116. The molecule has 0 aliphatic carbocycles. The molecule has 0 bridgehead atoms. The highest BCUT2D eigenvalue weighted by Crippen LogP contribution is 2.26. The highest BCUT2D eigenvalue weighted by molar-refractivity contribution is 7.08. The van der Waals surface area contributed by atoms with E-state index in [1.165, 1.54) is 18.6 Å². The largest absolute Gasteiger partial charge is 0.472 e. The van der Waals surface area contributed by atoms with E-state index in [1.54, 1.807) is 35.6 Å². The zero-order valence-corrected chi connectivity index (χ0v) is 13.0. The van der Waals surface area contributed by atoms with E-state index in [-0.39, 0.29) is 12.5 Å². The summed E-state index contributed by atoms with van der Waals surface area (Å²) in [5.41, 5.74) is 1.77. The number of nitrogens with one attached hydrogen (secondary N) is 1. The van der Waals surface area contributed by atoms with Crippen molar-refractivity contribution >= 4 is 23.3 Å². The standard InChI is InChI=1S/C17H15NO4S/c19-14(9-18-17(20)4-1-12-5-7-21-10-12)16-3-2-15(22-16)13-6-8-23-11-13/h1-8,10-11,14,19H,9H2,(H,18,20). The Hall–Kier alpha value is -2.57. The highest BCUT2D eigenvalue weighted by Gasteiger charge is 2.14. The van der Waals surface area contributed by atoms with Crippen LogP contribution in [0.1, 0.15) is 17.4 Å². The number of hydrogen-bond acceptors (Lipinski definition) is 5. The molecule has 1 amide bonds. The Labute approximate surface area is 136 Å². The van der Waals surface area contributed by atoms with Gasteiger partial charge < -0.3 is 19.3 Å². The van der Waals surface area contributed by atoms with Crippen molar-refractivity contribution in [3.05, 3.63) is 65.0 Å². The van der Waals surface area contributed by atoms with Gasteiger partial charge in [0.2, 0.25) is 5.91 Å². The monoisotopic (exact) mass is 329 g/mol. The van der Waals surface area contributed by atoms with E-state index in [0.717, 1.165) is 11.1 Å². The predicted octanol–water partition coefficient (Wildman–Crippen LogP) is 3.46. The van der Waals surface area contributed by atoms with E-state index in [1.807, 2.05) is 16.8 Å². The van der Waals surface area contributed by atoms with Crippen LogP contribution in [0, 0.1) is 0 Å². The molecule has 0 spiro atoms. The second kappa shape index (κ2) is 7.13. The summed E-state index contributed by atoms with van der Waals surface area (Å²) in [4.78, 5) is 11.7. The summed E-state index contributed by atoms with van der Waals surface area (Å²) in [6.45, 7) is 0.0746. The van der Waals surface area contributed by atoms with Gasteiger partial charge in [0, 0.05) is 22.6 Å². The maximum atomic E-state index is 11.7. The number of thiophene rings is 1. The highest BCUT2D eigenvalue weighted by atomic mass is 32.1. The molecule has 3 aromatic heterocycles. The van der Waals surface area contributed by atoms with Crippen LogP contribution in [0.15, 0.2) is 62.5 Å². The van der Waals surface area contributed by atoms with Crippen molar-refractivity contribution < 1.29 is 18.7 Å². The molecule has 0 radical (unpaired) electrons. The van der Waals surface area contributed by atoms with Crippen LogP contribution in [-0.2, 0) is 4.79 Å². The Morgan fingerprint density at radius 2 is 2.26 bits per heavy atom. The van der Waals surface area contributed by atoms with E-state index < -0.39 is 6.10 Å². The van der Waals surface area contributed by atoms with Crippen LogP contribution in [0.3, 0.4) is 0 Å². The molecule has 3 rings (SSSR count). The number of hydrogen-bond donors (Lipinski definition) is 2. The molecule has 1 unspecified atom stereocenters. The fraction of sp³-hybridized carbons (Fsp3) is 0.118. The zero-order chi connectivity index (χ0) is 16.1. The minimum Gasteiger partial charge on any atom is -0.472 e. The number of aliphatic hydroxyl groups excluding tert-OH is 1. The Bertz CT molecular complexity index is 772. The maximum Gasteiger partial charge on any atom is 0.244 e. The van der Waals surface area contributed by atoms with Gasteiger partial charge in [0.15, 0.2) is 0 Å². The van der Waals surface area contributed by atoms with Gasteiger partial charge >= 0.3 is 0 Å². The summed E-state index contributed by atoms with van der Waals surface area (Å²) in [5.74, 6) is 0.826. The van der Waals surface area contributed by atoms with Gasteiger partial charge in [0.05, 0.1) is 19.1 Å². The minimum atomic E-state index is -0.895. The normalized spacial score (nSPS) is 12.6. The van der Waals surface area contributed by atoms with E-state index in [9.17, 15) is 9.90 Å². The molecule has 1 atom stereocenters. The van der Waals surface area contributed by atoms with Crippen molar-refractivity contribution in [2.75, 3.05) is 6.54 Å². The van der Waals surface area contributed by atoms with Crippen molar-refractivity contribution in [1.82, 2.24) is 5.32 Å². The number of carbonyl (C=O) groups excluding carboxylic acids is 1. The molecule has 0 fully saturated rings. The van der Waals surface area contributed by atoms with E-state index >= 15 is 0 Å². The molecule has 0 aliphatic rings. The van der Waals surface area contributed by atoms with E-state index in [0.29, 0.717) is 11.5 Å². The lowest BCUT2D eigenvalue weighted by Crippen LogP contribution is -2.26. The second-order valence-electron chi connectivity index (χ2n) is 4.87. The summed E-state index contributed by atoms with van der Waals surface area (Å²) in [7, 11) is 0. The van der Waals surface area contributed by atoms with Crippen LogP contribution in [0.2, 0.25) is 0 Å². The fourth-order valence-electron chi connectivity index (χ4n) is 1.99. The van der Waals surface area contributed by atoms with Gasteiger partial charge in [0.25, 0.3) is 0 Å². The van der Waals surface area contributed by atoms with Crippen molar-refractivity contribution in [3.63, 3.8) is 0 Å². The van der Waals surface area contributed by atoms with Crippen LogP contribution in [0.25, 0.3) is 17.4 Å². The van der Waals surface area contributed by atoms with Gasteiger partial charge in [-0.2, -0.15) is 11.3 Å².